The first-order chi connectivity index (χ1) is 7.09. The van der Waals surface area contributed by atoms with E-state index >= 15 is 0 Å². The molecule has 4 heteroatoms. The summed E-state index contributed by atoms with van der Waals surface area (Å²) in [7, 11) is 0. The molecule has 1 rings (SSSR count). The van der Waals surface area contributed by atoms with Crippen molar-refractivity contribution >= 4 is 17.7 Å². The molecule has 15 heavy (non-hydrogen) atoms. The third kappa shape index (κ3) is 4.89. The molecule has 1 aliphatic rings. The van der Waals surface area contributed by atoms with Crippen LogP contribution in [0, 0.1) is 5.92 Å². The normalized spacial score (nSPS) is 23.1. The lowest BCUT2D eigenvalue weighted by Crippen LogP contribution is -2.43. The van der Waals surface area contributed by atoms with Crippen LogP contribution < -0.4 is 11.1 Å². The van der Waals surface area contributed by atoms with Crippen molar-refractivity contribution < 1.29 is 4.79 Å². The predicted octanol–water partition coefficient (Wildman–Crippen LogP) is 1.37. The summed E-state index contributed by atoms with van der Waals surface area (Å²) in [5, 5.41) is 3.56. The Labute approximate surface area is 96.6 Å². The number of nitrogens with one attached hydrogen (secondary N) is 1. The lowest BCUT2D eigenvalue weighted by Gasteiger charge is -2.16. The fraction of sp³-hybridized carbons (Fsp3) is 0.909. The van der Waals surface area contributed by atoms with Crippen molar-refractivity contribution in [1.29, 1.82) is 0 Å². The molecule has 0 saturated carbocycles. The van der Waals surface area contributed by atoms with Gasteiger partial charge in [0.15, 0.2) is 0 Å². The molecule has 3 nitrogen and oxygen atoms in total. The summed E-state index contributed by atoms with van der Waals surface area (Å²) in [5.74, 6) is 1.72. The van der Waals surface area contributed by atoms with Crippen LogP contribution in [0.15, 0.2) is 0 Å². The average molecular weight is 230 g/mol. The first-order valence-corrected chi connectivity index (χ1v) is 6.79. The van der Waals surface area contributed by atoms with Crippen molar-refractivity contribution in [2.75, 3.05) is 12.3 Å². The highest BCUT2D eigenvalue weighted by molar-refractivity contribution is 8.00. The Morgan fingerprint density at radius 1 is 1.60 bits per heavy atom. The quantitative estimate of drug-likeness (QED) is 0.750. The SMILES string of the molecule is CC(C)C[C@H](N)C(=O)NCC1CCCS1. The van der Waals surface area contributed by atoms with Crippen LogP contribution in [0.2, 0.25) is 0 Å². The molecule has 0 spiro atoms. The number of hydrogen-bond acceptors (Lipinski definition) is 3. The third-order valence-electron chi connectivity index (χ3n) is 2.59. The predicted molar refractivity (Wildman–Crippen MR) is 65.9 cm³/mol. The van der Waals surface area contributed by atoms with Crippen LogP contribution in [-0.4, -0.2) is 29.5 Å². The zero-order valence-electron chi connectivity index (χ0n) is 9.66. The molecule has 0 aromatic carbocycles. The van der Waals surface area contributed by atoms with E-state index in [4.69, 9.17) is 5.73 Å². The Balaban J connectivity index is 2.16. The van der Waals surface area contributed by atoms with Crippen LogP contribution in [0.25, 0.3) is 0 Å². The molecular formula is C11H22N2OS. The zero-order valence-corrected chi connectivity index (χ0v) is 10.5. The van der Waals surface area contributed by atoms with E-state index in [1.807, 2.05) is 11.8 Å². The lowest BCUT2D eigenvalue weighted by molar-refractivity contribution is -0.122. The molecule has 1 saturated heterocycles. The molecule has 3 N–H and O–H groups in total. The molecule has 1 unspecified atom stereocenters. The number of amides is 1. The molecule has 2 atom stereocenters. The second kappa shape index (κ2) is 6.38. The minimum Gasteiger partial charge on any atom is -0.354 e. The number of hydrogen-bond donors (Lipinski definition) is 2. The van der Waals surface area contributed by atoms with Gasteiger partial charge in [-0.1, -0.05) is 13.8 Å². The van der Waals surface area contributed by atoms with E-state index in [1.165, 1.54) is 18.6 Å². The second-order valence-electron chi connectivity index (χ2n) is 4.62. The lowest BCUT2D eigenvalue weighted by atomic mass is 10.0. The number of carbonyl (C=O) groups is 1. The standard InChI is InChI=1S/C11H22N2OS/c1-8(2)6-10(12)11(14)13-7-9-4-3-5-15-9/h8-10H,3-7,12H2,1-2H3,(H,13,14)/t9?,10-/m0/s1. The molecule has 0 aliphatic carbocycles. The summed E-state index contributed by atoms with van der Waals surface area (Å²) in [6, 6.07) is -0.337. The van der Waals surface area contributed by atoms with E-state index in [1.54, 1.807) is 0 Å². The van der Waals surface area contributed by atoms with Gasteiger partial charge in [0.25, 0.3) is 0 Å². The molecule has 0 aromatic heterocycles. The van der Waals surface area contributed by atoms with Gasteiger partial charge in [0.1, 0.15) is 0 Å². The molecule has 1 aliphatic heterocycles. The molecule has 1 fully saturated rings. The first-order valence-electron chi connectivity index (χ1n) is 5.74. The fourth-order valence-electron chi connectivity index (χ4n) is 1.77. The number of carbonyl (C=O) groups excluding carboxylic acids is 1. The average Bonchev–Trinajstić information content (AvgIpc) is 2.65. The van der Waals surface area contributed by atoms with Crippen LogP contribution in [0.5, 0.6) is 0 Å². The minimum atomic E-state index is -0.337. The van der Waals surface area contributed by atoms with Crippen molar-refractivity contribution in [3.8, 4) is 0 Å². The van der Waals surface area contributed by atoms with E-state index in [-0.39, 0.29) is 11.9 Å². The maximum absolute atomic E-state index is 11.6. The van der Waals surface area contributed by atoms with E-state index in [0.717, 1.165) is 13.0 Å². The largest absolute Gasteiger partial charge is 0.354 e. The summed E-state index contributed by atoms with van der Waals surface area (Å²) in [4.78, 5) is 11.6. The van der Waals surface area contributed by atoms with Crippen LogP contribution in [-0.2, 0) is 4.79 Å². The maximum atomic E-state index is 11.6. The van der Waals surface area contributed by atoms with Gasteiger partial charge in [-0.25, -0.2) is 0 Å². The topological polar surface area (TPSA) is 55.1 Å². The van der Waals surface area contributed by atoms with Crippen molar-refractivity contribution in [1.82, 2.24) is 5.32 Å². The van der Waals surface area contributed by atoms with E-state index < -0.39 is 0 Å². The van der Waals surface area contributed by atoms with E-state index in [0.29, 0.717) is 11.2 Å². The molecule has 88 valence electrons. The van der Waals surface area contributed by atoms with Crippen LogP contribution in [0.4, 0.5) is 0 Å². The summed E-state index contributed by atoms with van der Waals surface area (Å²) < 4.78 is 0. The van der Waals surface area contributed by atoms with Crippen LogP contribution in [0.1, 0.15) is 33.1 Å². The molecule has 1 heterocycles. The van der Waals surface area contributed by atoms with Gasteiger partial charge in [0.2, 0.25) is 5.91 Å². The van der Waals surface area contributed by atoms with Gasteiger partial charge < -0.3 is 11.1 Å². The van der Waals surface area contributed by atoms with Gasteiger partial charge >= 0.3 is 0 Å². The smallest absolute Gasteiger partial charge is 0.236 e. The fourth-order valence-corrected chi connectivity index (χ4v) is 2.97. The van der Waals surface area contributed by atoms with Gasteiger partial charge in [0.05, 0.1) is 6.04 Å². The van der Waals surface area contributed by atoms with Gasteiger partial charge in [0, 0.05) is 11.8 Å². The Morgan fingerprint density at radius 2 is 2.33 bits per heavy atom. The first kappa shape index (κ1) is 12.8. The maximum Gasteiger partial charge on any atom is 0.236 e. The molecular weight excluding hydrogens is 208 g/mol. The van der Waals surface area contributed by atoms with Crippen molar-refractivity contribution in [3.05, 3.63) is 0 Å². The third-order valence-corrected chi connectivity index (χ3v) is 3.99. The highest BCUT2D eigenvalue weighted by Crippen LogP contribution is 2.25. The van der Waals surface area contributed by atoms with Crippen LogP contribution >= 0.6 is 11.8 Å². The Kier molecular flexibility index (Phi) is 5.47. The van der Waals surface area contributed by atoms with Gasteiger partial charge in [-0.05, 0) is 30.9 Å². The molecule has 1 amide bonds. The summed E-state index contributed by atoms with van der Waals surface area (Å²) in [6.07, 6.45) is 3.28. The number of thioether (sulfide) groups is 1. The van der Waals surface area contributed by atoms with E-state index in [9.17, 15) is 4.79 Å². The number of rotatable bonds is 5. The molecule has 0 bridgehead atoms. The monoisotopic (exact) mass is 230 g/mol. The minimum absolute atomic E-state index is 0.0104. The van der Waals surface area contributed by atoms with Crippen molar-refractivity contribution in [2.45, 2.75) is 44.4 Å². The number of nitrogens with two attached hydrogens (primary N) is 1. The molecule has 0 aromatic rings. The van der Waals surface area contributed by atoms with Gasteiger partial charge in [-0.2, -0.15) is 11.8 Å². The Morgan fingerprint density at radius 3 is 2.87 bits per heavy atom. The van der Waals surface area contributed by atoms with Crippen molar-refractivity contribution in [2.24, 2.45) is 11.7 Å². The zero-order chi connectivity index (χ0) is 11.3. The van der Waals surface area contributed by atoms with Gasteiger partial charge in [-0.15, -0.1) is 0 Å². The highest BCUT2D eigenvalue weighted by Gasteiger charge is 2.19. The summed E-state index contributed by atoms with van der Waals surface area (Å²) in [5.41, 5.74) is 5.78. The molecule has 0 radical (unpaired) electrons. The van der Waals surface area contributed by atoms with Gasteiger partial charge in [-0.3, -0.25) is 4.79 Å². The van der Waals surface area contributed by atoms with Crippen molar-refractivity contribution in [3.63, 3.8) is 0 Å². The summed E-state index contributed by atoms with van der Waals surface area (Å²) >= 11 is 1.95. The summed E-state index contributed by atoms with van der Waals surface area (Å²) in [6.45, 7) is 4.95. The second-order valence-corrected chi connectivity index (χ2v) is 6.02. The Hall–Kier alpha value is -0.220. The van der Waals surface area contributed by atoms with E-state index in [2.05, 4.69) is 19.2 Å². The highest BCUT2D eigenvalue weighted by atomic mass is 32.2. The van der Waals surface area contributed by atoms with Crippen LogP contribution in [0.3, 0.4) is 0 Å². The Bertz CT molecular complexity index is 203.